The van der Waals surface area contributed by atoms with Gasteiger partial charge in [0, 0.05) is 31.6 Å². The first-order chi connectivity index (χ1) is 11.9. The van der Waals surface area contributed by atoms with Crippen molar-refractivity contribution in [1.82, 2.24) is 20.1 Å². The van der Waals surface area contributed by atoms with E-state index < -0.39 is 5.54 Å². The first-order valence-corrected chi connectivity index (χ1v) is 9.77. The Labute approximate surface area is 152 Å². The van der Waals surface area contributed by atoms with Crippen LogP contribution in [0.5, 0.6) is 0 Å². The first kappa shape index (κ1) is 18.3. The van der Waals surface area contributed by atoms with E-state index in [1.54, 1.807) is 0 Å². The van der Waals surface area contributed by atoms with Crippen molar-refractivity contribution in [2.24, 2.45) is 0 Å². The molecule has 1 atom stereocenters. The lowest BCUT2D eigenvalue weighted by Crippen LogP contribution is -2.62. The van der Waals surface area contributed by atoms with E-state index in [9.17, 15) is 9.59 Å². The van der Waals surface area contributed by atoms with Crippen LogP contribution < -0.4 is 10.6 Å². The molecule has 7 nitrogen and oxygen atoms in total. The van der Waals surface area contributed by atoms with Crippen LogP contribution in [0.4, 0.5) is 5.13 Å². The molecule has 2 amide bonds. The van der Waals surface area contributed by atoms with Crippen LogP contribution >= 0.6 is 11.3 Å². The Morgan fingerprint density at radius 3 is 2.76 bits per heavy atom. The Hall–Kier alpha value is -1.51. The summed E-state index contributed by atoms with van der Waals surface area (Å²) >= 11 is 1.44. The zero-order valence-corrected chi connectivity index (χ0v) is 16.0. The molecule has 25 heavy (non-hydrogen) atoms. The van der Waals surface area contributed by atoms with Crippen LogP contribution in [0, 0.1) is 6.92 Å². The van der Waals surface area contributed by atoms with Gasteiger partial charge in [-0.05, 0) is 40.2 Å². The van der Waals surface area contributed by atoms with Gasteiger partial charge in [0.15, 0.2) is 5.13 Å². The number of amides is 2. The predicted octanol–water partition coefficient (Wildman–Crippen LogP) is 1.06. The first-order valence-electron chi connectivity index (χ1n) is 8.89. The Morgan fingerprint density at radius 1 is 1.40 bits per heavy atom. The molecule has 1 spiro atoms. The number of anilines is 1. The Balaban J connectivity index is 1.61. The number of piperidine rings is 1. The fourth-order valence-electron chi connectivity index (χ4n) is 3.75. The highest BCUT2D eigenvalue weighted by molar-refractivity contribution is 7.13. The molecular formula is C17H27N5O2S. The summed E-state index contributed by atoms with van der Waals surface area (Å²) in [5.74, 6) is 0.103. The summed E-state index contributed by atoms with van der Waals surface area (Å²) in [6.45, 7) is 6.99. The largest absolute Gasteiger partial charge is 0.354 e. The molecule has 1 aromatic heterocycles. The van der Waals surface area contributed by atoms with Gasteiger partial charge in [-0.1, -0.05) is 0 Å². The third-order valence-corrected chi connectivity index (χ3v) is 6.39. The average Bonchev–Trinajstić information content (AvgIpc) is 2.96. The van der Waals surface area contributed by atoms with Crippen LogP contribution in [0.15, 0.2) is 5.38 Å². The highest BCUT2D eigenvalue weighted by atomic mass is 32.1. The van der Waals surface area contributed by atoms with Crippen molar-refractivity contribution in [1.29, 1.82) is 0 Å². The second-order valence-electron chi connectivity index (χ2n) is 7.06. The zero-order valence-electron chi connectivity index (χ0n) is 15.2. The number of aromatic nitrogens is 1. The third-order valence-electron chi connectivity index (χ3n) is 5.51. The molecule has 0 unspecified atom stereocenters. The average molecular weight is 366 g/mol. The van der Waals surface area contributed by atoms with Gasteiger partial charge >= 0.3 is 0 Å². The maximum absolute atomic E-state index is 12.6. The second-order valence-corrected chi connectivity index (χ2v) is 7.92. The number of rotatable bonds is 3. The van der Waals surface area contributed by atoms with Crippen molar-refractivity contribution < 1.29 is 9.59 Å². The van der Waals surface area contributed by atoms with Crippen LogP contribution in [-0.4, -0.2) is 71.4 Å². The lowest BCUT2D eigenvalue weighted by molar-refractivity contribution is -0.135. The van der Waals surface area contributed by atoms with Gasteiger partial charge in [-0.2, -0.15) is 0 Å². The van der Waals surface area contributed by atoms with Gasteiger partial charge in [-0.25, -0.2) is 4.98 Å². The van der Waals surface area contributed by atoms with Crippen molar-refractivity contribution >= 4 is 28.3 Å². The van der Waals surface area contributed by atoms with E-state index in [-0.39, 0.29) is 17.9 Å². The summed E-state index contributed by atoms with van der Waals surface area (Å²) in [6, 6.07) is -0.235. The maximum atomic E-state index is 12.6. The number of hydrogen-bond acceptors (Lipinski definition) is 6. The molecule has 2 saturated heterocycles. The monoisotopic (exact) mass is 365 g/mol. The number of likely N-dealkylation sites (N-methyl/N-ethyl adjacent to an activating group) is 1. The van der Waals surface area contributed by atoms with Crippen molar-refractivity contribution in [3.05, 3.63) is 11.1 Å². The van der Waals surface area contributed by atoms with Gasteiger partial charge in [0.25, 0.3) is 0 Å². The summed E-state index contributed by atoms with van der Waals surface area (Å²) in [7, 11) is 2.04. The summed E-state index contributed by atoms with van der Waals surface area (Å²) < 4.78 is 0. The number of likely N-dealkylation sites (tertiary alicyclic amines) is 1. The number of nitrogens with one attached hydrogen (secondary N) is 2. The van der Waals surface area contributed by atoms with E-state index in [1.165, 1.54) is 11.3 Å². The minimum atomic E-state index is -0.421. The van der Waals surface area contributed by atoms with E-state index in [2.05, 4.69) is 25.4 Å². The molecular weight excluding hydrogens is 338 g/mol. The molecule has 2 aliphatic heterocycles. The topological polar surface area (TPSA) is 77.6 Å². The molecule has 2 fully saturated rings. The highest BCUT2D eigenvalue weighted by Crippen LogP contribution is 2.30. The maximum Gasteiger partial charge on any atom is 0.243 e. The molecule has 0 radical (unpaired) electrons. The standard InChI is InChI=1S/C17H27N5O2S/c1-12-11-25-16(19-12)20-14(23)13(2)22-9-5-17(6-10-22)15(24)18-7-4-8-21(17)3/h11,13H,4-10H2,1-3H3,(H,18,24)(H,19,20,23)/t13-/m0/s1. The number of carbonyl (C=O) groups is 2. The fraction of sp³-hybridized carbons (Fsp3) is 0.706. The van der Waals surface area contributed by atoms with Gasteiger partial charge in [0.05, 0.1) is 11.7 Å². The molecule has 0 aliphatic carbocycles. The molecule has 138 valence electrons. The minimum absolute atomic E-state index is 0.0380. The molecule has 0 saturated carbocycles. The van der Waals surface area contributed by atoms with Crippen LogP contribution in [0.3, 0.4) is 0 Å². The van der Waals surface area contributed by atoms with E-state index in [0.29, 0.717) is 5.13 Å². The molecule has 3 heterocycles. The molecule has 0 aromatic carbocycles. The van der Waals surface area contributed by atoms with Crippen LogP contribution in [0.25, 0.3) is 0 Å². The smallest absolute Gasteiger partial charge is 0.243 e. The van der Waals surface area contributed by atoms with E-state index in [1.807, 2.05) is 26.3 Å². The molecule has 2 aliphatic rings. The van der Waals surface area contributed by atoms with Gasteiger partial charge in [0.1, 0.15) is 5.54 Å². The predicted molar refractivity (Wildman–Crippen MR) is 98.7 cm³/mol. The normalized spacial score (nSPS) is 23.1. The van der Waals surface area contributed by atoms with Crippen LogP contribution in [0.1, 0.15) is 31.9 Å². The van der Waals surface area contributed by atoms with Gasteiger partial charge < -0.3 is 10.6 Å². The number of thiazole rings is 1. The molecule has 8 heteroatoms. The van der Waals surface area contributed by atoms with Crippen LogP contribution in [0.2, 0.25) is 0 Å². The fourth-order valence-corrected chi connectivity index (χ4v) is 4.44. The minimum Gasteiger partial charge on any atom is -0.354 e. The summed E-state index contributed by atoms with van der Waals surface area (Å²) in [5.41, 5.74) is 0.491. The van der Waals surface area contributed by atoms with Gasteiger partial charge in [-0.3, -0.25) is 19.4 Å². The molecule has 0 bridgehead atoms. The number of aryl methyl sites for hydroxylation is 1. The molecule has 3 rings (SSSR count). The quantitative estimate of drug-likeness (QED) is 0.838. The summed E-state index contributed by atoms with van der Waals surface area (Å²) in [5, 5.41) is 8.51. The Kier molecular flexibility index (Phi) is 5.41. The Morgan fingerprint density at radius 2 is 2.12 bits per heavy atom. The van der Waals surface area contributed by atoms with E-state index in [0.717, 1.165) is 51.1 Å². The number of hydrogen-bond donors (Lipinski definition) is 2. The Bertz CT molecular complexity index is 639. The summed E-state index contributed by atoms with van der Waals surface area (Å²) in [4.78, 5) is 33.7. The van der Waals surface area contributed by atoms with Crippen molar-refractivity contribution in [3.63, 3.8) is 0 Å². The SMILES string of the molecule is Cc1csc(NC(=O)[C@H](C)N2CCC3(CC2)C(=O)NCCCN3C)n1. The third kappa shape index (κ3) is 3.70. The van der Waals surface area contributed by atoms with E-state index >= 15 is 0 Å². The van der Waals surface area contributed by atoms with Crippen molar-refractivity contribution in [3.8, 4) is 0 Å². The lowest BCUT2D eigenvalue weighted by Gasteiger charge is -2.46. The van der Waals surface area contributed by atoms with Gasteiger partial charge in [-0.15, -0.1) is 11.3 Å². The number of nitrogens with zero attached hydrogens (tertiary/aromatic N) is 3. The zero-order chi connectivity index (χ0) is 18.0. The lowest BCUT2D eigenvalue weighted by atomic mass is 9.84. The molecule has 1 aromatic rings. The van der Waals surface area contributed by atoms with Crippen molar-refractivity contribution in [2.75, 3.05) is 38.5 Å². The van der Waals surface area contributed by atoms with Gasteiger partial charge in [0.2, 0.25) is 11.8 Å². The number of carbonyl (C=O) groups excluding carboxylic acids is 2. The molecule has 2 N–H and O–H groups in total. The van der Waals surface area contributed by atoms with Crippen LogP contribution in [-0.2, 0) is 9.59 Å². The highest BCUT2D eigenvalue weighted by Gasteiger charge is 2.46. The van der Waals surface area contributed by atoms with E-state index in [4.69, 9.17) is 0 Å². The second kappa shape index (κ2) is 7.39. The summed E-state index contributed by atoms with van der Waals surface area (Å²) in [6.07, 6.45) is 2.49. The van der Waals surface area contributed by atoms with Crippen molar-refractivity contribution in [2.45, 2.75) is 44.7 Å².